The van der Waals surface area contributed by atoms with Crippen molar-refractivity contribution in [1.29, 1.82) is 0 Å². The van der Waals surface area contributed by atoms with Gasteiger partial charge >= 0.3 is 0 Å². The zero-order valence-corrected chi connectivity index (χ0v) is 5.00. The van der Waals surface area contributed by atoms with Gasteiger partial charge in [-0.2, -0.15) is 0 Å². The largest absolute Gasteiger partial charge is 0.378 e. The van der Waals surface area contributed by atoms with Crippen molar-refractivity contribution in [2.75, 3.05) is 20.2 Å². The van der Waals surface area contributed by atoms with Crippen LogP contribution in [0.15, 0.2) is 0 Å². The third kappa shape index (κ3) is 0.992. The first-order valence-corrected chi connectivity index (χ1v) is 2.76. The van der Waals surface area contributed by atoms with E-state index in [0.29, 0.717) is 0 Å². The van der Waals surface area contributed by atoms with Crippen molar-refractivity contribution < 1.29 is 4.74 Å². The Kier molecular flexibility index (Phi) is 1.83. The first kappa shape index (κ1) is 6.01. The smallest absolute Gasteiger partial charge is 0.0875 e. The molecule has 2 unspecified atom stereocenters. The summed E-state index contributed by atoms with van der Waals surface area (Å²) in [6, 6.07) is 0.139. The molecule has 1 heterocycles. The Morgan fingerprint density at radius 3 is 2.62 bits per heavy atom. The van der Waals surface area contributed by atoms with Crippen molar-refractivity contribution >= 4 is 0 Å². The highest BCUT2D eigenvalue weighted by molar-refractivity contribution is 4.83. The second kappa shape index (κ2) is 2.44. The van der Waals surface area contributed by atoms with E-state index < -0.39 is 0 Å². The number of rotatable bonds is 1. The van der Waals surface area contributed by atoms with Gasteiger partial charge in [-0.3, -0.25) is 0 Å². The van der Waals surface area contributed by atoms with Gasteiger partial charge in [0.05, 0.1) is 6.10 Å². The standard InChI is InChI=1S/C5H11N2O/c1-8-5-3-7-2-4(5)6/h4-5H,2-3,6H2,1H3. The van der Waals surface area contributed by atoms with Crippen molar-refractivity contribution in [2.45, 2.75) is 12.1 Å². The summed E-state index contributed by atoms with van der Waals surface area (Å²) in [4.78, 5) is 0. The summed E-state index contributed by atoms with van der Waals surface area (Å²) in [6.07, 6.45) is 0.176. The molecule has 2 N–H and O–H groups in total. The molecule has 0 aromatic heterocycles. The average Bonchev–Trinajstić information content (AvgIpc) is 2.14. The van der Waals surface area contributed by atoms with Crippen molar-refractivity contribution in [3.63, 3.8) is 0 Å². The van der Waals surface area contributed by atoms with Crippen molar-refractivity contribution in [3.8, 4) is 0 Å². The monoisotopic (exact) mass is 115 g/mol. The van der Waals surface area contributed by atoms with Gasteiger partial charge in [-0.1, -0.05) is 0 Å². The predicted octanol–water partition coefficient (Wildman–Crippen LogP) is -1.05. The van der Waals surface area contributed by atoms with Crippen LogP contribution in [0.2, 0.25) is 0 Å². The van der Waals surface area contributed by atoms with E-state index in [1.807, 2.05) is 0 Å². The molecule has 2 atom stereocenters. The maximum atomic E-state index is 5.57. The minimum atomic E-state index is 0.139. The van der Waals surface area contributed by atoms with E-state index >= 15 is 0 Å². The Morgan fingerprint density at radius 1 is 1.62 bits per heavy atom. The van der Waals surface area contributed by atoms with Gasteiger partial charge in [-0.15, -0.1) is 0 Å². The van der Waals surface area contributed by atoms with Gasteiger partial charge in [0.1, 0.15) is 0 Å². The lowest BCUT2D eigenvalue weighted by Crippen LogP contribution is -2.34. The lowest BCUT2D eigenvalue weighted by Gasteiger charge is -2.09. The summed E-state index contributed by atoms with van der Waals surface area (Å²) < 4.78 is 5.00. The molecular weight excluding hydrogens is 104 g/mol. The molecule has 1 fully saturated rings. The highest BCUT2D eigenvalue weighted by Crippen LogP contribution is 2.00. The second-order valence-electron chi connectivity index (χ2n) is 2.03. The van der Waals surface area contributed by atoms with Gasteiger partial charge in [0.25, 0.3) is 0 Å². The Balaban J connectivity index is 2.30. The Hall–Kier alpha value is -0.120. The van der Waals surface area contributed by atoms with Crippen LogP contribution in [0.1, 0.15) is 0 Å². The molecule has 0 aliphatic carbocycles. The van der Waals surface area contributed by atoms with Crippen molar-refractivity contribution in [2.24, 2.45) is 5.73 Å². The fourth-order valence-corrected chi connectivity index (χ4v) is 0.853. The minimum absolute atomic E-state index is 0.139. The van der Waals surface area contributed by atoms with Crippen LogP contribution in [0.4, 0.5) is 0 Å². The molecule has 1 aliphatic heterocycles. The summed E-state index contributed by atoms with van der Waals surface area (Å²) in [6.45, 7) is 1.54. The number of ether oxygens (including phenoxy) is 1. The van der Waals surface area contributed by atoms with Crippen LogP contribution in [-0.2, 0) is 4.74 Å². The fourth-order valence-electron chi connectivity index (χ4n) is 0.853. The molecule has 1 aliphatic rings. The van der Waals surface area contributed by atoms with E-state index in [2.05, 4.69) is 5.32 Å². The molecule has 0 spiro atoms. The Morgan fingerprint density at radius 2 is 2.38 bits per heavy atom. The number of nitrogens with zero attached hydrogens (tertiary/aromatic N) is 1. The van der Waals surface area contributed by atoms with Crippen LogP contribution in [-0.4, -0.2) is 32.3 Å². The lowest BCUT2D eigenvalue weighted by atomic mass is 10.2. The lowest BCUT2D eigenvalue weighted by molar-refractivity contribution is 0.107. The maximum absolute atomic E-state index is 5.57. The number of methoxy groups -OCH3 is 1. The third-order valence-electron chi connectivity index (χ3n) is 1.43. The quantitative estimate of drug-likeness (QED) is 0.474. The number of nitrogens with two attached hydrogens (primary N) is 1. The van der Waals surface area contributed by atoms with Crippen molar-refractivity contribution in [3.05, 3.63) is 0 Å². The van der Waals surface area contributed by atoms with Crippen molar-refractivity contribution in [1.82, 2.24) is 5.32 Å². The maximum Gasteiger partial charge on any atom is 0.0875 e. The first-order chi connectivity index (χ1) is 3.84. The van der Waals surface area contributed by atoms with Gasteiger partial charge in [0, 0.05) is 26.2 Å². The van der Waals surface area contributed by atoms with Crippen LogP contribution in [0, 0.1) is 0 Å². The molecule has 0 aromatic rings. The topological polar surface area (TPSA) is 49.4 Å². The van der Waals surface area contributed by atoms with E-state index in [9.17, 15) is 0 Å². The van der Waals surface area contributed by atoms with E-state index in [-0.39, 0.29) is 12.1 Å². The molecule has 1 rings (SSSR count). The van der Waals surface area contributed by atoms with Gasteiger partial charge in [0.15, 0.2) is 0 Å². The third-order valence-corrected chi connectivity index (χ3v) is 1.43. The molecule has 0 aromatic carbocycles. The summed E-state index contributed by atoms with van der Waals surface area (Å²) in [5.41, 5.74) is 5.57. The van der Waals surface area contributed by atoms with Crippen LogP contribution in [0.25, 0.3) is 0 Å². The molecule has 1 radical (unpaired) electrons. The summed E-state index contributed by atoms with van der Waals surface area (Å²) >= 11 is 0. The first-order valence-electron chi connectivity index (χ1n) is 2.76. The summed E-state index contributed by atoms with van der Waals surface area (Å²) in [7, 11) is 1.67. The van der Waals surface area contributed by atoms with Crippen LogP contribution in [0.5, 0.6) is 0 Å². The van der Waals surface area contributed by atoms with Gasteiger partial charge in [-0.05, 0) is 0 Å². The fraction of sp³-hybridized carbons (Fsp3) is 1.00. The zero-order chi connectivity index (χ0) is 5.98. The summed E-state index contributed by atoms with van der Waals surface area (Å²) in [5.74, 6) is 0. The van der Waals surface area contributed by atoms with Gasteiger partial charge < -0.3 is 10.5 Å². The molecule has 1 saturated heterocycles. The normalized spacial score (nSPS) is 38.2. The Bertz CT molecular complexity index is 76.8. The predicted molar refractivity (Wildman–Crippen MR) is 30.6 cm³/mol. The molecule has 3 nitrogen and oxygen atoms in total. The van der Waals surface area contributed by atoms with Gasteiger partial charge in [-0.25, -0.2) is 5.32 Å². The van der Waals surface area contributed by atoms with Crippen LogP contribution < -0.4 is 11.1 Å². The second-order valence-corrected chi connectivity index (χ2v) is 2.03. The SMILES string of the molecule is COC1C[N]CC1N. The highest BCUT2D eigenvalue weighted by atomic mass is 16.5. The van der Waals surface area contributed by atoms with Gasteiger partial charge in [0.2, 0.25) is 0 Å². The molecule has 0 saturated carbocycles. The zero-order valence-electron chi connectivity index (χ0n) is 5.00. The molecule has 0 bridgehead atoms. The molecule has 47 valence electrons. The molecular formula is C5H11N2O. The van der Waals surface area contributed by atoms with Crippen LogP contribution in [0.3, 0.4) is 0 Å². The number of hydrogen-bond acceptors (Lipinski definition) is 2. The highest BCUT2D eigenvalue weighted by Gasteiger charge is 2.23. The number of hydrogen-bond donors (Lipinski definition) is 1. The van der Waals surface area contributed by atoms with E-state index in [1.165, 1.54) is 0 Å². The Labute approximate surface area is 49.2 Å². The molecule has 3 heteroatoms. The van der Waals surface area contributed by atoms with E-state index in [1.54, 1.807) is 7.11 Å². The van der Waals surface area contributed by atoms with E-state index in [4.69, 9.17) is 10.5 Å². The summed E-state index contributed by atoms with van der Waals surface area (Å²) in [5, 5.41) is 4.07. The minimum Gasteiger partial charge on any atom is -0.378 e. The van der Waals surface area contributed by atoms with Crippen LogP contribution >= 0.6 is 0 Å². The van der Waals surface area contributed by atoms with E-state index in [0.717, 1.165) is 13.1 Å². The average molecular weight is 115 g/mol. The molecule has 8 heavy (non-hydrogen) atoms. The molecule has 0 amide bonds.